The Balaban J connectivity index is 1.52. The van der Waals surface area contributed by atoms with Crippen LogP contribution in [0.5, 0.6) is 0 Å². The van der Waals surface area contributed by atoms with Crippen LogP contribution in [-0.2, 0) is 16.1 Å². The summed E-state index contributed by atoms with van der Waals surface area (Å²) in [7, 11) is 1.70. The van der Waals surface area contributed by atoms with Crippen LogP contribution < -0.4 is 5.32 Å². The van der Waals surface area contributed by atoms with E-state index in [1.54, 1.807) is 7.11 Å². The highest BCUT2D eigenvalue weighted by atomic mass is 16.5. The number of nitrogens with zero attached hydrogens (tertiary/aromatic N) is 2. The van der Waals surface area contributed by atoms with Crippen molar-refractivity contribution in [3.63, 3.8) is 0 Å². The van der Waals surface area contributed by atoms with Crippen molar-refractivity contribution in [3.8, 4) is 0 Å². The molecule has 2 heterocycles. The van der Waals surface area contributed by atoms with Crippen molar-refractivity contribution in [2.24, 2.45) is 0 Å². The lowest BCUT2D eigenvalue weighted by atomic mass is 9.77. The van der Waals surface area contributed by atoms with Crippen LogP contribution in [0, 0.1) is 6.92 Å². The highest BCUT2D eigenvalue weighted by Gasteiger charge is 2.46. The van der Waals surface area contributed by atoms with E-state index in [-0.39, 0.29) is 5.54 Å². The predicted molar refractivity (Wildman–Crippen MR) is 93.6 cm³/mol. The Hall–Kier alpha value is -1.46. The summed E-state index contributed by atoms with van der Waals surface area (Å²) in [4.78, 5) is 18.9. The Morgan fingerprint density at radius 1 is 1.33 bits per heavy atom. The third-order valence-corrected chi connectivity index (χ3v) is 5.63. The first-order valence-electron chi connectivity index (χ1n) is 9.08. The zero-order valence-corrected chi connectivity index (χ0v) is 14.9. The summed E-state index contributed by atoms with van der Waals surface area (Å²) < 4.78 is 5.19. The minimum Gasteiger partial charge on any atom is -0.383 e. The van der Waals surface area contributed by atoms with Crippen LogP contribution in [0.1, 0.15) is 49.9 Å². The van der Waals surface area contributed by atoms with E-state index in [4.69, 9.17) is 4.74 Å². The van der Waals surface area contributed by atoms with Crippen molar-refractivity contribution in [2.75, 3.05) is 20.3 Å². The molecule has 132 valence electrons. The van der Waals surface area contributed by atoms with Gasteiger partial charge in [0.15, 0.2) is 0 Å². The average Bonchev–Trinajstić information content (AvgIpc) is 2.88. The van der Waals surface area contributed by atoms with Crippen molar-refractivity contribution in [2.45, 2.75) is 63.6 Å². The fourth-order valence-corrected chi connectivity index (χ4v) is 4.24. The molecule has 0 bridgehead atoms. The molecule has 5 nitrogen and oxygen atoms in total. The van der Waals surface area contributed by atoms with E-state index in [1.807, 2.05) is 13.0 Å². The number of amides is 1. The molecule has 5 heteroatoms. The summed E-state index contributed by atoms with van der Waals surface area (Å²) in [6, 6.07) is 6.69. The fraction of sp³-hybridized carbons (Fsp3) is 0.684. The van der Waals surface area contributed by atoms with E-state index < -0.39 is 0 Å². The number of rotatable bonds is 6. The maximum atomic E-state index is 12.2. The number of hydrogen-bond donors (Lipinski definition) is 1. The normalized spacial score (nSPS) is 27.2. The number of nitrogens with one attached hydrogen (secondary N) is 1. The van der Waals surface area contributed by atoms with Gasteiger partial charge in [0.25, 0.3) is 0 Å². The Labute approximate surface area is 144 Å². The summed E-state index contributed by atoms with van der Waals surface area (Å²) in [5.41, 5.74) is 2.26. The maximum absolute atomic E-state index is 12.2. The van der Waals surface area contributed by atoms with Gasteiger partial charge in [-0.15, -0.1) is 0 Å². The predicted octanol–water partition coefficient (Wildman–Crippen LogP) is 2.43. The van der Waals surface area contributed by atoms with Crippen molar-refractivity contribution in [1.82, 2.24) is 15.2 Å². The lowest BCUT2D eigenvalue weighted by Crippen LogP contribution is -2.51. The van der Waals surface area contributed by atoms with E-state index in [1.165, 1.54) is 0 Å². The molecular weight excluding hydrogens is 302 g/mol. The maximum Gasteiger partial charge on any atom is 0.223 e. The van der Waals surface area contributed by atoms with Gasteiger partial charge in [0.2, 0.25) is 5.91 Å². The molecule has 1 saturated heterocycles. The molecule has 0 aromatic carbocycles. The van der Waals surface area contributed by atoms with Gasteiger partial charge < -0.3 is 15.0 Å². The summed E-state index contributed by atoms with van der Waals surface area (Å²) in [6.07, 6.45) is 6.17. The summed E-state index contributed by atoms with van der Waals surface area (Å²) in [5, 5.41) is 3.65. The summed E-state index contributed by atoms with van der Waals surface area (Å²) in [5.74, 6) is 0.308. The van der Waals surface area contributed by atoms with E-state index in [2.05, 4.69) is 27.3 Å². The van der Waals surface area contributed by atoms with Gasteiger partial charge in [-0.3, -0.25) is 9.78 Å². The van der Waals surface area contributed by atoms with Gasteiger partial charge in [-0.05, 0) is 51.2 Å². The topological polar surface area (TPSA) is 54.5 Å². The third kappa shape index (κ3) is 3.78. The van der Waals surface area contributed by atoms with Crippen molar-refractivity contribution in [1.29, 1.82) is 0 Å². The number of carbonyl (C=O) groups is 1. The Bertz CT molecular complexity index is 567. The monoisotopic (exact) mass is 331 g/mol. The second-order valence-electron chi connectivity index (χ2n) is 7.19. The van der Waals surface area contributed by atoms with Crippen LogP contribution in [0.25, 0.3) is 0 Å². The molecule has 2 fully saturated rings. The molecule has 0 radical (unpaired) electrons. The molecule has 1 saturated carbocycles. The number of pyridine rings is 1. The van der Waals surface area contributed by atoms with Crippen LogP contribution >= 0.6 is 0 Å². The quantitative estimate of drug-likeness (QED) is 0.870. The van der Waals surface area contributed by atoms with E-state index >= 15 is 0 Å². The van der Waals surface area contributed by atoms with Gasteiger partial charge in [-0.1, -0.05) is 6.07 Å². The molecule has 1 aromatic heterocycles. The number of hydrogen-bond acceptors (Lipinski definition) is 4. The van der Waals surface area contributed by atoms with E-state index in [0.29, 0.717) is 25.0 Å². The molecule has 1 aromatic rings. The molecule has 1 aliphatic carbocycles. The molecule has 2 aliphatic rings. The SMILES string of the molecule is COCCN1C(=O)CCC12CCC(NCc1cccc(C)n1)CC2. The number of likely N-dealkylation sites (tertiary alicyclic amines) is 1. The second kappa shape index (κ2) is 7.62. The molecule has 1 amide bonds. The smallest absolute Gasteiger partial charge is 0.223 e. The number of methoxy groups -OCH3 is 1. The summed E-state index contributed by atoms with van der Waals surface area (Å²) >= 11 is 0. The largest absolute Gasteiger partial charge is 0.383 e. The highest BCUT2D eigenvalue weighted by molar-refractivity contribution is 5.79. The van der Waals surface area contributed by atoms with Crippen LogP contribution in [0.15, 0.2) is 18.2 Å². The summed E-state index contributed by atoms with van der Waals surface area (Å²) in [6.45, 7) is 4.22. The van der Waals surface area contributed by atoms with Crippen molar-refractivity contribution in [3.05, 3.63) is 29.6 Å². The molecule has 1 spiro atoms. The Morgan fingerprint density at radius 3 is 2.83 bits per heavy atom. The molecule has 24 heavy (non-hydrogen) atoms. The first kappa shape index (κ1) is 17.4. The van der Waals surface area contributed by atoms with Crippen LogP contribution in [0.4, 0.5) is 0 Å². The van der Waals surface area contributed by atoms with Crippen molar-refractivity contribution >= 4 is 5.91 Å². The first-order chi connectivity index (χ1) is 11.6. The molecule has 1 N–H and O–H groups in total. The van der Waals surface area contributed by atoms with Crippen LogP contribution in [0.2, 0.25) is 0 Å². The lowest BCUT2D eigenvalue weighted by Gasteiger charge is -2.44. The van der Waals surface area contributed by atoms with Crippen molar-refractivity contribution < 1.29 is 9.53 Å². The van der Waals surface area contributed by atoms with Crippen LogP contribution in [-0.4, -0.2) is 47.6 Å². The van der Waals surface area contributed by atoms with Gasteiger partial charge in [0, 0.05) is 43.9 Å². The Kier molecular flexibility index (Phi) is 5.51. The van der Waals surface area contributed by atoms with Gasteiger partial charge in [0.05, 0.1) is 12.3 Å². The van der Waals surface area contributed by atoms with E-state index in [9.17, 15) is 4.79 Å². The van der Waals surface area contributed by atoms with Crippen LogP contribution in [0.3, 0.4) is 0 Å². The minimum atomic E-state index is 0.0926. The molecule has 0 unspecified atom stereocenters. The second-order valence-corrected chi connectivity index (χ2v) is 7.19. The number of aromatic nitrogens is 1. The number of carbonyl (C=O) groups excluding carboxylic acids is 1. The van der Waals surface area contributed by atoms with Gasteiger partial charge in [0.1, 0.15) is 0 Å². The molecular formula is C19H29N3O2. The third-order valence-electron chi connectivity index (χ3n) is 5.63. The van der Waals surface area contributed by atoms with E-state index in [0.717, 1.165) is 56.6 Å². The first-order valence-corrected chi connectivity index (χ1v) is 9.08. The number of ether oxygens (including phenoxy) is 1. The zero-order valence-electron chi connectivity index (χ0n) is 14.9. The number of aryl methyl sites for hydroxylation is 1. The fourth-order valence-electron chi connectivity index (χ4n) is 4.24. The van der Waals surface area contributed by atoms with Gasteiger partial charge in [-0.2, -0.15) is 0 Å². The average molecular weight is 331 g/mol. The highest BCUT2D eigenvalue weighted by Crippen LogP contribution is 2.42. The van der Waals surface area contributed by atoms with Gasteiger partial charge >= 0.3 is 0 Å². The molecule has 1 aliphatic heterocycles. The molecule has 0 atom stereocenters. The minimum absolute atomic E-state index is 0.0926. The standard InChI is InChI=1S/C19H29N3O2/c1-15-4-3-5-17(21-15)14-20-16-6-9-19(10-7-16)11-8-18(23)22(19)12-13-24-2/h3-5,16,20H,6-14H2,1-2H3. The molecule has 3 rings (SSSR count). The lowest BCUT2D eigenvalue weighted by molar-refractivity contribution is -0.133. The van der Waals surface area contributed by atoms with Gasteiger partial charge in [-0.25, -0.2) is 0 Å². The zero-order chi connectivity index (χ0) is 17.0. The Morgan fingerprint density at radius 2 is 2.12 bits per heavy atom.